The molecule has 1 aliphatic heterocycles. The van der Waals surface area contributed by atoms with Crippen molar-refractivity contribution in [3.05, 3.63) is 0 Å². The molecule has 17 heavy (non-hydrogen) atoms. The van der Waals surface area contributed by atoms with E-state index in [-0.39, 0.29) is 6.04 Å². The minimum atomic E-state index is -0.644. The summed E-state index contributed by atoms with van der Waals surface area (Å²) in [6.45, 7) is 3.24. The van der Waals surface area contributed by atoms with Gasteiger partial charge in [-0.1, -0.05) is 19.8 Å². The van der Waals surface area contributed by atoms with E-state index in [1.54, 1.807) is 0 Å². The number of hydrogen-bond acceptors (Lipinski definition) is 2. The Morgan fingerprint density at radius 2 is 2.00 bits per heavy atom. The van der Waals surface area contributed by atoms with Gasteiger partial charge in [-0.05, 0) is 44.6 Å². The molecule has 3 unspecified atom stereocenters. The van der Waals surface area contributed by atoms with Crippen molar-refractivity contribution in [1.82, 2.24) is 4.90 Å². The Bertz CT molecular complexity index is 265. The lowest BCUT2D eigenvalue weighted by atomic mass is 9.77. The van der Waals surface area contributed by atoms with Crippen molar-refractivity contribution in [1.29, 1.82) is 0 Å². The van der Waals surface area contributed by atoms with Gasteiger partial charge < -0.3 is 5.11 Å². The van der Waals surface area contributed by atoms with Gasteiger partial charge in [-0.15, -0.1) is 0 Å². The molecular formula is C14H25NO2. The summed E-state index contributed by atoms with van der Waals surface area (Å²) in [6, 6.07) is 0.945. The molecule has 1 saturated carbocycles. The topological polar surface area (TPSA) is 40.5 Å². The van der Waals surface area contributed by atoms with Gasteiger partial charge in [-0.2, -0.15) is 0 Å². The van der Waals surface area contributed by atoms with Gasteiger partial charge in [0, 0.05) is 12.1 Å². The predicted molar refractivity (Wildman–Crippen MR) is 68.0 cm³/mol. The van der Waals surface area contributed by atoms with Gasteiger partial charge in [0.05, 0.1) is 6.42 Å². The van der Waals surface area contributed by atoms with Gasteiger partial charge >= 0.3 is 5.97 Å². The monoisotopic (exact) mass is 239 g/mol. The predicted octanol–water partition coefficient (Wildman–Crippen LogP) is 2.89. The van der Waals surface area contributed by atoms with Crippen LogP contribution in [0.2, 0.25) is 0 Å². The molecule has 0 bridgehead atoms. The molecule has 0 aromatic rings. The molecule has 0 spiro atoms. The van der Waals surface area contributed by atoms with Crippen LogP contribution in [0, 0.1) is 5.92 Å². The van der Waals surface area contributed by atoms with Crippen LogP contribution in [0.4, 0.5) is 0 Å². The van der Waals surface area contributed by atoms with Crippen molar-refractivity contribution in [2.24, 2.45) is 5.92 Å². The summed E-state index contributed by atoms with van der Waals surface area (Å²) in [7, 11) is 0. The van der Waals surface area contributed by atoms with Gasteiger partial charge in [-0.3, -0.25) is 9.69 Å². The lowest BCUT2D eigenvalue weighted by Crippen LogP contribution is -2.51. The minimum absolute atomic E-state index is 0.262. The number of carboxylic acid groups (broad SMARTS) is 1. The zero-order valence-corrected chi connectivity index (χ0v) is 10.9. The molecule has 0 aromatic carbocycles. The molecule has 0 amide bonds. The fourth-order valence-electron chi connectivity index (χ4n) is 3.81. The largest absolute Gasteiger partial charge is 0.481 e. The molecule has 3 atom stereocenters. The Hall–Kier alpha value is -0.570. The second kappa shape index (κ2) is 5.85. The molecule has 1 N–H and O–H groups in total. The molecule has 2 rings (SSSR count). The fraction of sp³-hybridized carbons (Fsp3) is 0.929. The van der Waals surface area contributed by atoms with Crippen LogP contribution in [0.15, 0.2) is 0 Å². The SMILES string of the molecule is CCC(CC(=O)O)N1CCCC2CCCCC21. The quantitative estimate of drug-likeness (QED) is 0.820. The number of likely N-dealkylation sites (tertiary alicyclic amines) is 1. The fourth-order valence-corrected chi connectivity index (χ4v) is 3.81. The van der Waals surface area contributed by atoms with Crippen LogP contribution in [0.3, 0.4) is 0 Å². The van der Waals surface area contributed by atoms with Crippen LogP contribution in [0.1, 0.15) is 58.3 Å². The average Bonchev–Trinajstić information content (AvgIpc) is 2.35. The first-order valence-electron chi connectivity index (χ1n) is 7.20. The number of rotatable bonds is 4. The Balaban J connectivity index is 2.03. The van der Waals surface area contributed by atoms with Crippen LogP contribution >= 0.6 is 0 Å². The third kappa shape index (κ3) is 3.01. The summed E-state index contributed by atoms with van der Waals surface area (Å²) in [4.78, 5) is 13.5. The number of piperidine rings is 1. The maximum Gasteiger partial charge on any atom is 0.304 e. The van der Waals surface area contributed by atoms with E-state index in [0.29, 0.717) is 12.5 Å². The van der Waals surface area contributed by atoms with Crippen molar-refractivity contribution in [3.8, 4) is 0 Å². The van der Waals surface area contributed by atoms with Crippen molar-refractivity contribution in [2.75, 3.05) is 6.54 Å². The van der Waals surface area contributed by atoms with Gasteiger partial charge in [0.25, 0.3) is 0 Å². The van der Waals surface area contributed by atoms with Crippen LogP contribution < -0.4 is 0 Å². The molecule has 3 nitrogen and oxygen atoms in total. The Morgan fingerprint density at radius 1 is 1.29 bits per heavy atom. The minimum Gasteiger partial charge on any atom is -0.481 e. The van der Waals surface area contributed by atoms with Crippen molar-refractivity contribution in [2.45, 2.75) is 70.4 Å². The number of aliphatic carboxylic acids is 1. The maximum absolute atomic E-state index is 10.9. The molecule has 1 heterocycles. The molecule has 98 valence electrons. The summed E-state index contributed by atoms with van der Waals surface area (Å²) >= 11 is 0. The highest BCUT2D eigenvalue weighted by atomic mass is 16.4. The Labute approximate surface area is 104 Å². The number of hydrogen-bond donors (Lipinski definition) is 1. The molecule has 2 fully saturated rings. The standard InChI is InChI=1S/C14H25NO2/c1-2-12(10-14(16)17)15-9-5-7-11-6-3-4-8-13(11)15/h11-13H,2-10H2,1H3,(H,16,17). The van der Waals surface area contributed by atoms with E-state index >= 15 is 0 Å². The second-order valence-electron chi connectivity index (χ2n) is 5.65. The number of carboxylic acids is 1. The second-order valence-corrected chi connectivity index (χ2v) is 5.65. The average molecular weight is 239 g/mol. The van der Waals surface area contributed by atoms with E-state index < -0.39 is 5.97 Å². The zero-order chi connectivity index (χ0) is 12.3. The van der Waals surface area contributed by atoms with Crippen molar-refractivity contribution in [3.63, 3.8) is 0 Å². The van der Waals surface area contributed by atoms with Crippen molar-refractivity contribution >= 4 is 5.97 Å². The Kier molecular flexibility index (Phi) is 4.43. The number of fused-ring (bicyclic) bond motifs is 1. The van der Waals surface area contributed by atoms with E-state index in [1.807, 2.05) is 0 Å². The van der Waals surface area contributed by atoms with E-state index in [2.05, 4.69) is 11.8 Å². The van der Waals surface area contributed by atoms with Crippen LogP contribution in [-0.2, 0) is 4.79 Å². The Morgan fingerprint density at radius 3 is 2.71 bits per heavy atom. The van der Waals surface area contributed by atoms with Gasteiger partial charge in [0.1, 0.15) is 0 Å². The van der Waals surface area contributed by atoms with E-state index in [1.165, 1.54) is 38.5 Å². The first-order chi connectivity index (χ1) is 8.22. The lowest BCUT2D eigenvalue weighted by Gasteiger charge is -2.47. The van der Waals surface area contributed by atoms with Crippen LogP contribution in [0.5, 0.6) is 0 Å². The van der Waals surface area contributed by atoms with E-state index in [4.69, 9.17) is 5.11 Å². The molecule has 3 heteroatoms. The highest BCUT2D eigenvalue weighted by Gasteiger charge is 2.36. The normalized spacial score (nSPS) is 31.8. The summed E-state index contributed by atoms with van der Waals surface area (Å²) in [5.41, 5.74) is 0. The molecule has 1 saturated heterocycles. The van der Waals surface area contributed by atoms with Gasteiger partial charge in [-0.25, -0.2) is 0 Å². The third-order valence-corrected chi connectivity index (χ3v) is 4.64. The van der Waals surface area contributed by atoms with Crippen LogP contribution in [-0.4, -0.2) is 34.6 Å². The molecule has 0 aromatic heterocycles. The summed E-state index contributed by atoms with van der Waals surface area (Å²) in [5.74, 6) is 0.204. The highest BCUT2D eigenvalue weighted by molar-refractivity contribution is 5.67. The van der Waals surface area contributed by atoms with Gasteiger partial charge in [0.15, 0.2) is 0 Å². The first kappa shape index (κ1) is 12.9. The summed E-state index contributed by atoms with van der Waals surface area (Å²) in [5, 5.41) is 9.02. The zero-order valence-electron chi connectivity index (χ0n) is 10.9. The molecule has 0 radical (unpaired) electrons. The first-order valence-corrected chi connectivity index (χ1v) is 7.20. The molecular weight excluding hydrogens is 214 g/mol. The molecule has 2 aliphatic rings. The van der Waals surface area contributed by atoms with E-state index in [9.17, 15) is 4.79 Å². The van der Waals surface area contributed by atoms with Crippen molar-refractivity contribution < 1.29 is 9.90 Å². The summed E-state index contributed by atoms with van der Waals surface area (Å²) < 4.78 is 0. The smallest absolute Gasteiger partial charge is 0.304 e. The van der Waals surface area contributed by atoms with E-state index in [0.717, 1.165) is 18.9 Å². The lowest BCUT2D eigenvalue weighted by molar-refractivity contribution is -0.139. The van der Waals surface area contributed by atoms with Gasteiger partial charge in [0.2, 0.25) is 0 Å². The molecule has 1 aliphatic carbocycles. The number of nitrogens with zero attached hydrogens (tertiary/aromatic N) is 1. The highest BCUT2D eigenvalue weighted by Crippen LogP contribution is 2.37. The maximum atomic E-state index is 10.9. The summed E-state index contributed by atoms with van der Waals surface area (Å²) in [6.07, 6.45) is 9.29. The number of carbonyl (C=O) groups is 1. The third-order valence-electron chi connectivity index (χ3n) is 4.64. The van der Waals surface area contributed by atoms with Crippen LogP contribution in [0.25, 0.3) is 0 Å².